The van der Waals surface area contributed by atoms with Crippen LogP contribution < -0.4 is 4.90 Å². The summed E-state index contributed by atoms with van der Waals surface area (Å²) in [7, 11) is 2.14. The highest BCUT2D eigenvalue weighted by molar-refractivity contribution is 5.43. The Kier molecular flexibility index (Phi) is 5.91. The van der Waals surface area contributed by atoms with E-state index in [1.165, 1.54) is 37.8 Å². The fourth-order valence-corrected chi connectivity index (χ4v) is 1.69. The zero-order valence-electron chi connectivity index (χ0n) is 10.00. The van der Waals surface area contributed by atoms with Gasteiger partial charge in [-0.1, -0.05) is 50.8 Å². The summed E-state index contributed by atoms with van der Waals surface area (Å²) >= 11 is 0. The number of benzene rings is 1. The first-order valence-corrected chi connectivity index (χ1v) is 6.02. The van der Waals surface area contributed by atoms with E-state index in [1.54, 1.807) is 0 Å². The van der Waals surface area contributed by atoms with Crippen LogP contribution in [0.3, 0.4) is 0 Å². The molecule has 1 radical (unpaired) electrons. The summed E-state index contributed by atoms with van der Waals surface area (Å²) in [4.78, 5) is 2.28. The fourth-order valence-electron chi connectivity index (χ4n) is 1.69. The van der Waals surface area contributed by atoms with Crippen LogP contribution in [-0.2, 0) is 0 Å². The van der Waals surface area contributed by atoms with Crippen LogP contribution >= 0.6 is 0 Å². The molecular formula is C14H22N. The number of hydrogen-bond donors (Lipinski definition) is 0. The van der Waals surface area contributed by atoms with E-state index in [0.717, 1.165) is 6.54 Å². The zero-order chi connectivity index (χ0) is 10.9. The van der Waals surface area contributed by atoms with E-state index in [1.807, 2.05) is 12.1 Å². The first-order valence-electron chi connectivity index (χ1n) is 6.02. The van der Waals surface area contributed by atoms with Gasteiger partial charge in [0, 0.05) is 25.3 Å². The largest absolute Gasteiger partial charge is 0.374 e. The maximum atomic E-state index is 3.25. The summed E-state index contributed by atoms with van der Waals surface area (Å²) in [5, 5.41) is 0. The summed E-state index contributed by atoms with van der Waals surface area (Å²) in [5.41, 5.74) is 1.20. The van der Waals surface area contributed by atoms with Gasteiger partial charge >= 0.3 is 0 Å². The molecule has 15 heavy (non-hydrogen) atoms. The summed E-state index contributed by atoms with van der Waals surface area (Å²) in [6.45, 7) is 3.40. The van der Waals surface area contributed by atoms with Crippen LogP contribution in [0, 0.1) is 6.07 Å². The molecule has 0 atom stereocenters. The van der Waals surface area contributed by atoms with Crippen LogP contribution in [0.15, 0.2) is 24.3 Å². The molecule has 0 spiro atoms. The lowest BCUT2D eigenvalue weighted by atomic mass is 10.1. The second-order valence-corrected chi connectivity index (χ2v) is 4.08. The van der Waals surface area contributed by atoms with Crippen LogP contribution in [0.5, 0.6) is 0 Å². The topological polar surface area (TPSA) is 3.24 Å². The van der Waals surface area contributed by atoms with E-state index in [0.29, 0.717) is 0 Å². The molecule has 0 aliphatic rings. The second kappa shape index (κ2) is 7.33. The molecule has 0 saturated heterocycles. The van der Waals surface area contributed by atoms with Gasteiger partial charge in [-0.15, -0.1) is 0 Å². The van der Waals surface area contributed by atoms with Crippen LogP contribution in [0.4, 0.5) is 5.69 Å². The van der Waals surface area contributed by atoms with Crippen LogP contribution in [0.1, 0.15) is 39.0 Å². The van der Waals surface area contributed by atoms with E-state index >= 15 is 0 Å². The van der Waals surface area contributed by atoms with E-state index in [4.69, 9.17) is 0 Å². The first-order chi connectivity index (χ1) is 7.34. The Bertz CT molecular complexity index is 243. The molecule has 1 heteroatoms. The molecule has 0 heterocycles. The molecule has 1 nitrogen and oxygen atoms in total. The smallest absolute Gasteiger partial charge is 0.0444 e. The van der Waals surface area contributed by atoms with Gasteiger partial charge in [0.1, 0.15) is 0 Å². The Labute approximate surface area is 94.1 Å². The number of unbranched alkanes of at least 4 members (excludes halogenated alkanes) is 4. The van der Waals surface area contributed by atoms with Gasteiger partial charge in [0.2, 0.25) is 0 Å². The molecule has 0 amide bonds. The Balaban J connectivity index is 2.16. The SMILES string of the molecule is CCCCCCCN(C)c1[c]cccc1. The van der Waals surface area contributed by atoms with Gasteiger partial charge in [0.05, 0.1) is 0 Å². The van der Waals surface area contributed by atoms with Gasteiger partial charge in [0.25, 0.3) is 0 Å². The Hall–Kier alpha value is -0.980. The highest BCUT2D eigenvalue weighted by atomic mass is 15.1. The van der Waals surface area contributed by atoms with E-state index in [2.05, 4.69) is 37.1 Å². The van der Waals surface area contributed by atoms with Gasteiger partial charge in [-0.25, -0.2) is 0 Å². The molecule has 0 N–H and O–H groups in total. The van der Waals surface area contributed by atoms with Gasteiger partial charge in [-0.05, 0) is 12.5 Å². The normalized spacial score (nSPS) is 10.3. The van der Waals surface area contributed by atoms with Crippen LogP contribution in [0.2, 0.25) is 0 Å². The number of hydrogen-bond acceptors (Lipinski definition) is 1. The summed E-state index contributed by atoms with van der Waals surface area (Å²) in [6.07, 6.45) is 6.72. The molecule has 1 aromatic carbocycles. The molecule has 1 aromatic rings. The minimum Gasteiger partial charge on any atom is -0.374 e. The van der Waals surface area contributed by atoms with Crippen molar-refractivity contribution in [2.24, 2.45) is 0 Å². The molecule has 0 unspecified atom stereocenters. The highest BCUT2D eigenvalue weighted by Gasteiger charge is 1.98. The van der Waals surface area contributed by atoms with Crippen LogP contribution in [0.25, 0.3) is 0 Å². The predicted molar refractivity (Wildman–Crippen MR) is 67.3 cm³/mol. The molecule has 0 aliphatic heterocycles. The monoisotopic (exact) mass is 204 g/mol. The zero-order valence-corrected chi connectivity index (χ0v) is 10.00. The Morgan fingerprint density at radius 2 is 1.93 bits per heavy atom. The van der Waals surface area contributed by atoms with Gasteiger partial charge in [-0.2, -0.15) is 0 Å². The van der Waals surface area contributed by atoms with Crippen molar-refractivity contribution in [3.8, 4) is 0 Å². The first kappa shape index (κ1) is 12.1. The van der Waals surface area contributed by atoms with Crippen molar-refractivity contribution >= 4 is 5.69 Å². The minimum atomic E-state index is 1.14. The molecule has 0 bridgehead atoms. The number of nitrogens with zero attached hydrogens (tertiary/aromatic N) is 1. The lowest BCUT2D eigenvalue weighted by Gasteiger charge is -2.18. The molecule has 1 rings (SSSR count). The molecule has 0 aliphatic carbocycles. The maximum absolute atomic E-state index is 3.25. The summed E-state index contributed by atoms with van der Waals surface area (Å²) in [5.74, 6) is 0. The lowest BCUT2D eigenvalue weighted by Crippen LogP contribution is -2.18. The van der Waals surface area contributed by atoms with E-state index in [9.17, 15) is 0 Å². The fraction of sp³-hybridized carbons (Fsp3) is 0.571. The van der Waals surface area contributed by atoms with Crippen molar-refractivity contribution < 1.29 is 0 Å². The van der Waals surface area contributed by atoms with Crippen molar-refractivity contribution in [3.05, 3.63) is 30.3 Å². The molecule has 0 saturated carbocycles. The van der Waals surface area contributed by atoms with Gasteiger partial charge < -0.3 is 4.90 Å². The second-order valence-electron chi connectivity index (χ2n) is 4.08. The van der Waals surface area contributed by atoms with E-state index < -0.39 is 0 Å². The van der Waals surface area contributed by atoms with Crippen molar-refractivity contribution in [2.75, 3.05) is 18.5 Å². The van der Waals surface area contributed by atoms with E-state index in [-0.39, 0.29) is 0 Å². The average molecular weight is 204 g/mol. The van der Waals surface area contributed by atoms with Gasteiger partial charge in [0.15, 0.2) is 0 Å². The Morgan fingerprint density at radius 1 is 1.13 bits per heavy atom. The molecule has 83 valence electrons. The predicted octanol–water partition coefficient (Wildman–Crippen LogP) is 3.89. The molecule has 0 aromatic heterocycles. The number of para-hydroxylation sites is 1. The third-order valence-corrected chi connectivity index (χ3v) is 2.70. The van der Waals surface area contributed by atoms with Gasteiger partial charge in [-0.3, -0.25) is 0 Å². The van der Waals surface area contributed by atoms with Crippen molar-refractivity contribution in [1.82, 2.24) is 0 Å². The number of anilines is 1. The lowest BCUT2D eigenvalue weighted by molar-refractivity contribution is 0.629. The third-order valence-electron chi connectivity index (χ3n) is 2.70. The molecular weight excluding hydrogens is 182 g/mol. The third kappa shape index (κ3) is 4.87. The van der Waals surface area contributed by atoms with Crippen molar-refractivity contribution in [1.29, 1.82) is 0 Å². The van der Waals surface area contributed by atoms with Crippen LogP contribution in [-0.4, -0.2) is 13.6 Å². The van der Waals surface area contributed by atoms with Crippen molar-refractivity contribution in [2.45, 2.75) is 39.0 Å². The minimum absolute atomic E-state index is 1.14. The number of rotatable bonds is 7. The maximum Gasteiger partial charge on any atom is 0.0444 e. The Morgan fingerprint density at radius 3 is 2.60 bits per heavy atom. The summed E-state index contributed by atoms with van der Waals surface area (Å²) in [6, 6.07) is 11.4. The highest BCUT2D eigenvalue weighted by Crippen LogP contribution is 2.11. The quantitative estimate of drug-likeness (QED) is 0.609. The molecule has 0 fully saturated rings. The average Bonchev–Trinajstić information content (AvgIpc) is 2.30. The standard InChI is InChI=1S/C14H22N/c1-3-4-5-6-10-13-15(2)14-11-8-7-9-12-14/h7-9,11H,3-6,10,13H2,1-2H3. The van der Waals surface area contributed by atoms with Crippen molar-refractivity contribution in [3.63, 3.8) is 0 Å². The summed E-state index contributed by atoms with van der Waals surface area (Å²) < 4.78 is 0.